The minimum absolute atomic E-state index is 0.0862. The molecular formula is C20H21N5O2S2. The summed E-state index contributed by atoms with van der Waals surface area (Å²) in [5, 5.41) is 4.98. The van der Waals surface area contributed by atoms with E-state index in [1.54, 1.807) is 11.3 Å². The molecule has 0 bridgehead atoms. The van der Waals surface area contributed by atoms with Gasteiger partial charge in [-0.1, -0.05) is 6.07 Å². The van der Waals surface area contributed by atoms with E-state index in [1.807, 2.05) is 40.4 Å². The summed E-state index contributed by atoms with van der Waals surface area (Å²) in [6.07, 6.45) is 4.20. The van der Waals surface area contributed by atoms with E-state index in [4.69, 9.17) is 4.74 Å². The van der Waals surface area contributed by atoms with Gasteiger partial charge in [-0.25, -0.2) is 9.97 Å². The van der Waals surface area contributed by atoms with Crippen molar-refractivity contribution in [2.45, 2.75) is 32.6 Å². The molecule has 29 heavy (non-hydrogen) atoms. The van der Waals surface area contributed by atoms with Crippen LogP contribution in [0.15, 0.2) is 36.0 Å². The molecule has 7 nitrogen and oxygen atoms in total. The summed E-state index contributed by atoms with van der Waals surface area (Å²) in [7, 11) is 0. The van der Waals surface area contributed by atoms with Gasteiger partial charge in [0.15, 0.2) is 4.96 Å². The van der Waals surface area contributed by atoms with Crippen molar-refractivity contribution >= 4 is 49.7 Å². The Morgan fingerprint density at radius 2 is 2.14 bits per heavy atom. The Hall–Kier alpha value is -2.49. The highest BCUT2D eigenvalue weighted by molar-refractivity contribution is 7.21. The maximum absolute atomic E-state index is 12.6. The highest BCUT2D eigenvalue weighted by Crippen LogP contribution is 2.28. The van der Waals surface area contributed by atoms with Gasteiger partial charge in [-0.3, -0.25) is 9.20 Å². The molecule has 0 aliphatic carbocycles. The molecule has 4 aromatic rings. The van der Waals surface area contributed by atoms with Gasteiger partial charge in [-0.2, -0.15) is 0 Å². The topological polar surface area (TPSA) is 71.8 Å². The SMILES string of the molecule is CC1CN(c2ccc(CNC(=O)c3cc4c(nc5sccn54)s3)cn2)CC(C)O1. The minimum atomic E-state index is -0.0862. The van der Waals surface area contributed by atoms with Crippen molar-refractivity contribution in [1.82, 2.24) is 19.7 Å². The lowest BCUT2D eigenvalue weighted by Gasteiger charge is -2.36. The number of pyridine rings is 1. The summed E-state index contributed by atoms with van der Waals surface area (Å²) in [5.41, 5.74) is 1.95. The van der Waals surface area contributed by atoms with Crippen molar-refractivity contribution in [2.24, 2.45) is 0 Å². The fourth-order valence-corrected chi connectivity index (χ4v) is 5.42. The number of nitrogens with one attached hydrogen (secondary N) is 1. The van der Waals surface area contributed by atoms with Crippen LogP contribution >= 0.6 is 22.7 Å². The Balaban J connectivity index is 1.24. The van der Waals surface area contributed by atoms with Gasteiger partial charge in [0, 0.05) is 37.4 Å². The number of aromatic nitrogens is 3. The van der Waals surface area contributed by atoms with E-state index in [0.29, 0.717) is 11.4 Å². The van der Waals surface area contributed by atoms with E-state index >= 15 is 0 Å². The smallest absolute Gasteiger partial charge is 0.261 e. The Kier molecular flexibility index (Phi) is 4.73. The van der Waals surface area contributed by atoms with Gasteiger partial charge in [0.25, 0.3) is 5.91 Å². The normalized spacial score (nSPS) is 19.9. The molecule has 0 aromatic carbocycles. The van der Waals surface area contributed by atoms with E-state index in [0.717, 1.165) is 39.8 Å². The standard InChI is InChI=1S/C20H21N5O2S2/c1-12-10-24(11-13(2)27-12)17-4-3-14(8-21-17)9-22-18(26)16-7-15-19(29-16)23-20-25(15)5-6-28-20/h3-8,12-13H,9-11H2,1-2H3,(H,22,26). The van der Waals surface area contributed by atoms with E-state index in [-0.39, 0.29) is 18.1 Å². The van der Waals surface area contributed by atoms with E-state index in [9.17, 15) is 4.79 Å². The largest absolute Gasteiger partial charge is 0.372 e. The molecule has 0 saturated carbocycles. The fraction of sp³-hybridized carbons (Fsp3) is 0.350. The van der Waals surface area contributed by atoms with Crippen molar-refractivity contribution in [3.8, 4) is 0 Å². The van der Waals surface area contributed by atoms with Gasteiger partial charge in [0.1, 0.15) is 10.6 Å². The van der Waals surface area contributed by atoms with Gasteiger partial charge in [0.05, 0.1) is 22.6 Å². The first-order chi connectivity index (χ1) is 14.1. The first kappa shape index (κ1) is 18.5. The Labute approximate surface area is 176 Å². The second kappa shape index (κ2) is 7.40. The lowest BCUT2D eigenvalue weighted by atomic mass is 10.2. The summed E-state index contributed by atoms with van der Waals surface area (Å²) < 4.78 is 7.80. The summed E-state index contributed by atoms with van der Waals surface area (Å²) in [5.74, 6) is 0.860. The van der Waals surface area contributed by atoms with Crippen LogP contribution < -0.4 is 10.2 Å². The highest BCUT2D eigenvalue weighted by Gasteiger charge is 2.23. The number of imidazole rings is 1. The molecule has 2 unspecified atom stereocenters. The van der Waals surface area contributed by atoms with Gasteiger partial charge in [-0.15, -0.1) is 22.7 Å². The number of hydrogen-bond donors (Lipinski definition) is 1. The quantitative estimate of drug-likeness (QED) is 0.539. The van der Waals surface area contributed by atoms with E-state index in [1.165, 1.54) is 11.3 Å². The van der Waals surface area contributed by atoms with Crippen LogP contribution in [0.2, 0.25) is 0 Å². The number of thiazole rings is 1. The Bertz CT molecular complexity index is 1150. The average molecular weight is 428 g/mol. The third-order valence-corrected chi connectivity index (χ3v) is 6.74. The van der Waals surface area contributed by atoms with Crippen molar-refractivity contribution in [1.29, 1.82) is 0 Å². The third kappa shape index (κ3) is 3.61. The zero-order valence-corrected chi connectivity index (χ0v) is 17.8. The second-order valence-electron chi connectivity index (χ2n) is 7.34. The van der Waals surface area contributed by atoms with Crippen LogP contribution in [-0.4, -0.2) is 45.6 Å². The first-order valence-electron chi connectivity index (χ1n) is 9.55. The van der Waals surface area contributed by atoms with Gasteiger partial charge in [0.2, 0.25) is 0 Å². The molecule has 0 spiro atoms. The van der Waals surface area contributed by atoms with Crippen molar-refractivity contribution in [2.75, 3.05) is 18.0 Å². The van der Waals surface area contributed by atoms with Crippen LogP contribution in [0.3, 0.4) is 0 Å². The number of carbonyl (C=O) groups excluding carboxylic acids is 1. The number of hydrogen-bond acceptors (Lipinski definition) is 7. The number of amides is 1. The lowest BCUT2D eigenvalue weighted by molar-refractivity contribution is -0.00546. The van der Waals surface area contributed by atoms with Crippen molar-refractivity contribution in [3.63, 3.8) is 0 Å². The van der Waals surface area contributed by atoms with Crippen LogP contribution in [0.1, 0.15) is 29.1 Å². The van der Waals surface area contributed by atoms with Crippen molar-refractivity contribution in [3.05, 3.63) is 46.4 Å². The molecule has 1 saturated heterocycles. The molecule has 0 radical (unpaired) electrons. The molecule has 4 aromatic heterocycles. The first-order valence-corrected chi connectivity index (χ1v) is 11.2. The zero-order chi connectivity index (χ0) is 20.0. The predicted molar refractivity (Wildman–Crippen MR) is 116 cm³/mol. The van der Waals surface area contributed by atoms with Crippen LogP contribution in [-0.2, 0) is 11.3 Å². The molecule has 1 N–H and O–H groups in total. The zero-order valence-electron chi connectivity index (χ0n) is 16.2. The molecule has 5 rings (SSSR count). The third-order valence-electron chi connectivity index (χ3n) is 4.97. The lowest BCUT2D eigenvalue weighted by Crippen LogP contribution is -2.45. The highest BCUT2D eigenvalue weighted by atomic mass is 32.1. The summed E-state index contributed by atoms with van der Waals surface area (Å²) in [6, 6.07) is 5.94. The van der Waals surface area contributed by atoms with E-state index < -0.39 is 0 Å². The number of fused-ring (bicyclic) bond motifs is 3. The van der Waals surface area contributed by atoms with Crippen LogP contribution in [0.25, 0.3) is 15.3 Å². The summed E-state index contributed by atoms with van der Waals surface area (Å²) in [6.45, 7) is 6.28. The Morgan fingerprint density at radius 3 is 2.90 bits per heavy atom. The number of carbonyl (C=O) groups is 1. The number of anilines is 1. The number of morpholine rings is 1. The molecule has 1 fully saturated rings. The number of nitrogens with zero attached hydrogens (tertiary/aromatic N) is 4. The van der Waals surface area contributed by atoms with Crippen LogP contribution in [0.5, 0.6) is 0 Å². The average Bonchev–Trinajstić information content (AvgIpc) is 3.38. The van der Waals surface area contributed by atoms with Crippen LogP contribution in [0.4, 0.5) is 5.82 Å². The molecule has 1 aliphatic rings. The predicted octanol–water partition coefficient (Wildman–Crippen LogP) is 3.55. The summed E-state index contributed by atoms with van der Waals surface area (Å²) in [4.78, 5) is 26.5. The maximum Gasteiger partial charge on any atom is 0.261 e. The second-order valence-corrected chi connectivity index (χ2v) is 9.24. The molecule has 2 atom stereocenters. The number of ether oxygens (including phenoxy) is 1. The van der Waals surface area contributed by atoms with Crippen LogP contribution in [0, 0.1) is 0 Å². The van der Waals surface area contributed by atoms with E-state index in [2.05, 4.69) is 34.0 Å². The van der Waals surface area contributed by atoms with Crippen molar-refractivity contribution < 1.29 is 9.53 Å². The monoisotopic (exact) mass is 427 g/mol. The number of thiophene rings is 1. The molecule has 9 heteroatoms. The number of rotatable bonds is 4. The molecule has 150 valence electrons. The molecule has 5 heterocycles. The maximum atomic E-state index is 12.6. The fourth-order valence-electron chi connectivity index (χ4n) is 3.70. The van der Waals surface area contributed by atoms with Gasteiger partial charge >= 0.3 is 0 Å². The molecule has 1 aliphatic heterocycles. The minimum Gasteiger partial charge on any atom is -0.372 e. The van der Waals surface area contributed by atoms with Gasteiger partial charge in [-0.05, 0) is 31.5 Å². The molecule has 1 amide bonds. The molecular weight excluding hydrogens is 406 g/mol. The summed E-state index contributed by atoms with van der Waals surface area (Å²) >= 11 is 3.01. The Morgan fingerprint density at radius 1 is 1.31 bits per heavy atom. The van der Waals surface area contributed by atoms with Gasteiger partial charge < -0.3 is 15.0 Å².